The molecule has 5 heteroatoms. The van der Waals surface area contributed by atoms with Gasteiger partial charge in [-0.15, -0.1) is 0 Å². The number of ether oxygens (including phenoxy) is 3. The van der Waals surface area contributed by atoms with Crippen molar-refractivity contribution >= 4 is 11.3 Å². The van der Waals surface area contributed by atoms with Crippen molar-refractivity contribution in [2.75, 3.05) is 53.2 Å². The van der Waals surface area contributed by atoms with Crippen molar-refractivity contribution in [2.45, 2.75) is 12.8 Å². The Morgan fingerprint density at radius 1 is 1.05 bits per heavy atom. The van der Waals surface area contributed by atoms with Gasteiger partial charge in [0, 0.05) is 26.9 Å². The van der Waals surface area contributed by atoms with E-state index in [1.807, 2.05) is 0 Å². The summed E-state index contributed by atoms with van der Waals surface area (Å²) in [4.78, 5) is 0. The van der Waals surface area contributed by atoms with Gasteiger partial charge in [0.15, 0.2) is 0 Å². The highest BCUT2D eigenvalue weighted by Gasteiger charge is 1.93. The third-order valence-corrected chi connectivity index (χ3v) is 3.33. The van der Waals surface area contributed by atoms with E-state index in [2.05, 4.69) is 22.1 Å². The first kappa shape index (κ1) is 16.6. The molecule has 0 bridgehead atoms. The van der Waals surface area contributed by atoms with E-state index in [-0.39, 0.29) is 0 Å². The van der Waals surface area contributed by atoms with Gasteiger partial charge in [0.2, 0.25) is 0 Å². The van der Waals surface area contributed by atoms with Crippen LogP contribution >= 0.6 is 11.3 Å². The molecule has 0 aliphatic heterocycles. The van der Waals surface area contributed by atoms with Crippen molar-refractivity contribution in [3.63, 3.8) is 0 Å². The Kier molecular flexibility index (Phi) is 11.0. The van der Waals surface area contributed by atoms with Crippen LogP contribution in [0.15, 0.2) is 16.8 Å². The van der Waals surface area contributed by atoms with Gasteiger partial charge in [0.1, 0.15) is 0 Å². The molecular weight excluding hydrogens is 262 g/mol. The standard InChI is InChI=1S/C14H25NO3S/c1-16-7-2-8-17-10-11-18-9-6-15-5-3-14-4-12-19-13-14/h4,12-13,15H,2-3,5-11H2,1H3. The summed E-state index contributed by atoms with van der Waals surface area (Å²) in [5.74, 6) is 0. The zero-order valence-electron chi connectivity index (χ0n) is 11.7. The topological polar surface area (TPSA) is 39.7 Å². The minimum Gasteiger partial charge on any atom is -0.385 e. The number of thiophene rings is 1. The molecule has 0 atom stereocenters. The van der Waals surface area contributed by atoms with Crippen LogP contribution < -0.4 is 5.32 Å². The fraction of sp³-hybridized carbons (Fsp3) is 0.714. The number of methoxy groups -OCH3 is 1. The summed E-state index contributed by atoms with van der Waals surface area (Å²) >= 11 is 1.75. The minimum atomic E-state index is 0.665. The average Bonchev–Trinajstić information content (AvgIpc) is 2.93. The zero-order chi connectivity index (χ0) is 13.6. The van der Waals surface area contributed by atoms with Gasteiger partial charge >= 0.3 is 0 Å². The molecule has 0 saturated heterocycles. The van der Waals surface area contributed by atoms with E-state index in [9.17, 15) is 0 Å². The van der Waals surface area contributed by atoms with Crippen molar-refractivity contribution in [3.8, 4) is 0 Å². The smallest absolute Gasteiger partial charge is 0.0701 e. The van der Waals surface area contributed by atoms with Crippen molar-refractivity contribution in [3.05, 3.63) is 22.4 Å². The molecule has 0 fully saturated rings. The fourth-order valence-corrected chi connectivity index (χ4v) is 2.27. The molecule has 0 amide bonds. The largest absolute Gasteiger partial charge is 0.385 e. The maximum absolute atomic E-state index is 5.46. The normalized spacial score (nSPS) is 11.0. The lowest BCUT2D eigenvalue weighted by Crippen LogP contribution is -2.22. The first-order chi connectivity index (χ1) is 9.43. The van der Waals surface area contributed by atoms with Crippen LogP contribution in [-0.4, -0.2) is 53.2 Å². The molecule has 0 radical (unpaired) electrons. The number of hydrogen-bond donors (Lipinski definition) is 1. The van der Waals surface area contributed by atoms with E-state index in [1.54, 1.807) is 18.4 Å². The molecule has 19 heavy (non-hydrogen) atoms. The van der Waals surface area contributed by atoms with E-state index in [4.69, 9.17) is 14.2 Å². The molecule has 0 spiro atoms. The lowest BCUT2D eigenvalue weighted by molar-refractivity contribution is 0.0409. The van der Waals surface area contributed by atoms with Crippen LogP contribution in [0, 0.1) is 0 Å². The molecule has 0 aliphatic carbocycles. The maximum atomic E-state index is 5.46. The van der Waals surface area contributed by atoms with Gasteiger partial charge in [-0.1, -0.05) is 0 Å². The minimum absolute atomic E-state index is 0.665. The Morgan fingerprint density at radius 2 is 1.89 bits per heavy atom. The third-order valence-electron chi connectivity index (χ3n) is 2.60. The Balaban J connectivity index is 1.72. The van der Waals surface area contributed by atoms with E-state index < -0.39 is 0 Å². The lowest BCUT2D eigenvalue weighted by Gasteiger charge is -2.06. The molecule has 110 valence electrons. The Morgan fingerprint density at radius 3 is 2.63 bits per heavy atom. The van der Waals surface area contributed by atoms with Crippen LogP contribution in [0.2, 0.25) is 0 Å². The van der Waals surface area contributed by atoms with Crippen LogP contribution in [0.1, 0.15) is 12.0 Å². The summed E-state index contributed by atoms with van der Waals surface area (Å²) in [5.41, 5.74) is 1.41. The lowest BCUT2D eigenvalue weighted by atomic mass is 10.2. The van der Waals surface area contributed by atoms with Gasteiger partial charge < -0.3 is 19.5 Å². The molecule has 0 saturated carbocycles. The second-order valence-corrected chi connectivity index (χ2v) is 4.98. The quantitative estimate of drug-likeness (QED) is 0.563. The summed E-state index contributed by atoms with van der Waals surface area (Å²) in [5, 5.41) is 7.67. The van der Waals surface area contributed by atoms with Crippen LogP contribution in [0.25, 0.3) is 0 Å². The van der Waals surface area contributed by atoms with Gasteiger partial charge in [0.05, 0.1) is 19.8 Å². The molecule has 0 aliphatic rings. The van der Waals surface area contributed by atoms with E-state index >= 15 is 0 Å². The van der Waals surface area contributed by atoms with Crippen LogP contribution in [0.5, 0.6) is 0 Å². The Labute approximate surface area is 120 Å². The van der Waals surface area contributed by atoms with Gasteiger partial charge in [-0.3, -0.25) is 0 Å². The van der Waals surface area contributed by atoms with E-state index in [0.29, 0.717) is 13.2 Å². The second kappa shape index (κ2) is 12.6. The molecule has 1 heterocycles. The van der Waals surface area contributed by atoms with Crippen LogP contribution in [0.4, 0.5) is 0 Å². The highest BCUT2D eigenvalue weighted by molar-refractivity contribution is 7.07. The van der Waals surface area contributed by atoms with Crippen molar-refractivity contribution in [1.82, 2.24) is 5.32 Å². The maximum Gasteiger partial charge on any atom is 0.0701 e. The van der Waals surface area contributed by atoms with Gasteiger partial charge in [-0.25, -0.2) is 0 Å². The summed E-state index contributed by atoms with van der Waals surface area (Å²) in [6.07, 6.45) is 2.03. The van der Waals surface area contributed by atoms with E-state index in [1.165, 1.54) is 5.56 Å². The van der Waals surface area contributed by atoms with E-state index in [0.717, 1.165) is 45.8 Å². The third kappa shape index (κ3) is 10.0. The SMILES string of the molecule is COCCCOCCOCCNCCc1ccsc1. The van der Waals surface area contributed by atoms with Gasteiger partial charge in [-0.2, -0.15) is 11.3 Å². The second-order valence-electron chi connectivity index (χ2n) is 4.20. The molecule has 1 rings (SSSR count). The Bertz CT molecular complexity index is 280. The number of rotatable bonds is 13. The number of nitrogens with one attached hydrogen (secondary N) is 1. The first-order valence-corrected chi connectivity index (χ1v) is 7.74. The van der Waals surface area contributed by atoms with Crippen LogP contribution in [-0.2, 0) is 20.6 Å². The van der Waals surface area contributed by atoms with Crippen molar-refractivity contribution in [2.24, 2.45) is 0 Å². The Hall–Kier alpha value is -0.460. The molecule has 1 aromatic heterocycles. The van der Waals surface area contributed by atoms with Crippen molar-refractivity contribution in [1.29, 1.82) is 0 Å². The highest BCUT2D eigenvalue weighted by atomic mass is 32.1. The molecule has 0 unspecified atom stereocenters. The molecule has 4 nitrogen and oxygen atoms in total. The van der Waals surface area contributed by atoms with Crippen molar-refractivity contribution < 1.29 is 14.2 Å². The molecular formula is C14H25NO3S. The summed E-state index contributed by atoms with van der Waals surface area (Å²) in [7, 11) is 1.70. The van der Waals surface area contributed by atoms with Gasteiger partial charge in [-0.05, 0) is 41.8 Å². The summed E-state index contributed by atoms with van der Waals surface area (Å²) in [6, 6.07) is 2.17. The fourth-order valence-electron chi connectivity index (χ4n) is 1.56. The average molecular weight is 287 g/mol. The predicted molar refractivity (Wildman–Crippen MR) is 79.0 cm³/mol. The summed E-state index contributed by atoms with van der Waals surface area (Å²) < 4.78 is 15.8. The highest BCUT2D eigenvalue weighted by Crippen LogP contribution is 2.05. The number of hydrogen-bond acceptors (Lipinski definition) is 5. The van der Waals surface area contributed by atoms with Crippen LogP contribution in [0.3, 0.4) is 0 Å². The van der Waals surface area contributed by atoms with Gasteiger partial charge in [0.25, 0.3) is 0 Å². The molecule has 1 N–H and O–H groups in total. The first-order valence-electron chi connectivity index (χ1n) is 6.79. The predicted octanol–water partition coefficient (Wildman–Crippen LogP) is 1.95. The zero-order valence-corrected chi connectivity index (χ0v) is 12.5. The monoisotopic (exact) mass is 287 g/mol. The molecule has 1 aromatic rings. The summed E-state index contributed by atoms with van der Waals surface area (Å²) in [6.45, 7) is 5.48. The molecule has 0 aromatic carbocycles.